The van der Waals surface area contributed by atoms with Gasteiger partial charge in [-0.25, -0.2) is 0 Å². The van der Waals surface area contributed by atoms with E-state index in [1.807, 2.05) is 20.8 Å². The van der Waals surface area contributed by atoms with Crippen LogP contribution in [-0.4, -0.2) is 177 Å². The molecule has 0 spiro atoms. The Bertz CT molecular complexity index is 646. The standard InChI is InChI=1S/C27H51N3O9/c1-22-12-34-18-25(31,20-37-22)15-28-5-6-29(16-26(32)19-35-13-23(2)38-21-26)8-10-30(9-7-28)17-27(33)4-11-36-24(3)14-39-27/h22-24,31-33H,4-21H2,1-3H3. The molecule has 0 aromatic rings. The number of β-amino-alcohol motifs (C(OH)–C–C–N with tert-alkyl or cyclic N) is 3. The minimum absolute atomic E-state index is 0.0551. The highest BCUT2D eigenvalue weighted by molar-refractivity contribution is 4.89. The molecule has 4 heterocycles. The second-order valence-electron chi connectivity index (χ2n) is 12.2. The monoisotopic (exact) mass is 561 g/mol. The Hall–Kier alpha value is -0.480. The summed E-state index contributed by atoms with van der Waals surface area (Å²) in [6.07, 6.45) is 0.237. The molecule has 228 valence electrons. The van der Waals surface area contributed by atoms with Crippen molar-refractivity contribution < 1.29 is 43.7 Å². The van der Waals surface area contributed by atoms with Crippen LogP contribution in [0.25, 0.3) is 0 Å². The molecule has 0 aliphatic carbocycles. The number of rotatable bonds is 6. The number of nitrogens with zero attached hydrogens (tertiary/aromatic N) is 3. The van der Waals surface area contributed by atoms with Gasteiger partial charge in [0.15, 0.2) is 5.79 Å². The Labute approximate surface area is 233 Å². The van der Waals surface area contributed by atoms with E-state index in [9.17, 15) is 15.3 Å². The molecule has 4 aliphatic heterocycles. The van der Waals surface area contributed by atoms with Gasteiger partial charge in [-0.1, -0.05) is 0 Å². The van der Waals surface area contributed by atoms with Crippen LogP contribution in [0.15, 0.2) is 0 Å². The van der Waals surface area contributed by atoms with Gasteiger partial charge in [-0.05, 0) is 20.8 Å². The van der Waals surface area contributed by atoms with Crippen molar-refractivity contribution in [1.29, 1.82) is 0 Å². The highest BCUT2D eigenvalue weighted by Crippen LogP contribution is 2.22. The average Bonchev–Trinajstić information content (AvgIpc) is 3.21. The third-order valence-electron chi connectivity index (χ3n) is 7.91. The number of aliphatic hydroxyl groups is 3. The molecule has 12 nitrogen and oxygen atoms in total. The summed E-state index contributed by atoms with van der Waals surface area (Å²) in [5.74, 6) is -1.29. The number of ether oxygens (including phenoxy) is 6. The number of hydrogen-bond donors (Lipinski definition) is 3. The molecule has 4 saturated heterocycles. The molecule has 0 saturated carbocycles. The molecule has 3 N–H and O–H groups in total. The van der Waals surface area contributed by atoms with Crippen LogP contribution in [0, 0.1) is 0 Å². The van der Waals surface area contributed by atoms with Gasteiger partial charge in [-0.3, -0.25) is 14.7 Å². The molecule has 0 amide bonds. The summed E-state index contributed by atoms with van der Waals surface area (Å²) >= 11 is 0. The van der Waals surface area contributed by atoms with Gasteiger partial charge in [0, 0.05) is 58.8 Å². The van der Waals surface area contributed by atoms with E-state index in [2.05, 4.69) is 14.7 Å². The van der Waals surface area contributed by atoms with Crippen molar-refractivity contribution in [1.82, 2.24) is 14.7 Å². The van der Waals surface area contributed by atoms with E-state index in [1.54, 1.807) is 0 Å². The molecule has 0 aromatic carbocycles. The van der Waals surface area contributed by atoms with E-state index in [0.29, 0.717) is 91.8 Å². The number of hydrogen-bond acceptors (Lipinski definition) is 12. The molecule has 0 aromatic heterocycles. The molecular formula is C27H51N3O9. The molecular weight excluding hydrogens is 510 g/mol. The van der Waals surface area contributed by atoms with Gasteiger partial charge in [0.05, 0.1) is 77.7 Å². The zero-order valence-electron chi connectivity index (χ0n) is 24.1. The van der Waals surface area contributed by atoms with Crippen molar-refractivity contribution in [3.05, 3.63) is 0 Å². The SMILES string of the molecule is CC1COCC(O)(CN2CCN(CC3(O)COCC(C)OC3)CCN(CC3(O)CCOC(C)CO3)CC2)CO1. The van der Waals surface area contributed by atoms with Crippen molar-refractivity contribution in [2.45, 2.75) is 62.5 Å². The maximum Gasteiger partial charge on any atom is 0.180 e. The fourth-order valence-electron chi connectivity index (χ4n) is 5.56. The third kappa shape index (κ3) is 10.1. The molecule has 4 rings (SSSR count). The van der Waals surface area contributed by atoms with Crippen LogP contribution in [0.1, 0.15) is 27.2 Å². The molecule has 6 unspecified atom stereocenters. The third-order valence-corrected chi connectivity index (χ3v) is 7.91. The minimum atomic E-state index is -1.29. The Morgan fingerprint density at radius 2 is 1.03 bits per heavy atom. The van der Waals surface area contributed by atoms with Gasteiger partial charge in [-0.15, -0.1) is 0 Å². The highest BCUT2D eigenvalue weighted by atomic mass is 16.6. The Morgan fingerprint density at radius 1 is 0.590 bits per heavy atom. The van der Waals surface area contributed by atoms with Crippen LogP contribution in [-0.2, 0) is 28.4 Å². The van der Waals surface area contributed by atoms with Gasteiger partial charge in [0.2, 0.25) is 0 Å². The predicted molar refractivity (Wildman–Crippen MR) is 143 cm³/mol. The summed E-state index contributed by atoms with van der Waals surface area (Å²) in [5.41, 5.74) is -2.22. The van der Waals surface area contributed by atoms with Crippen LogP contribution in [0.3, 0.4) is 0 Å². The smallest absolute Gasteiger partial charge is 0.180 e. The maximum atomic E-state index is 11.3. The highest BCUT2D eigenvalue weighted by Gasteiger charge is 2.38. The zero-order valence-corrected chi connectivity index (χ0v) is 24.1. The van der Waals surface area contributed by atoms with Gasteiger partial charge < -0.3 is 43.7 Å². The maximum absolute atomic E-state index is 11.3. The van der Waals surface area contributed by atoms with Crippen molar-refractivity contribution >= 4 is 0 Å². The summed E-state index contributed by atoms with van der Waals surface area (Å²) < 4.78 is 34.6. The topological polar surface area (TPSA) is 126 Å². The van der Waals surface area contributed by atoms with E-state index in [0.717, 1.165) is 0 Å². The normalized spacial score (nSPS) is 41.5. The average molecular weight is 562 g/mol. The van der Waals surface area contributed by atoms with Crippen LogP contribution < -0.4 is 0 Å². The molecule has 39 heavy (non-hydrogen) atoms. The van der Waals surface area contributed by atoms with Gasteiger partial charge >= 0.3 is 0 Å². The summed E-state index contributed by atoms with van der Waals surface area (Å²) in [5, 5.41) is 34.0. The first-order valence-corrected chi connectivity index (χ1v) is 14.5. The van der Waals surface area contributed by atoms with Crippen LogP contribution in [0.2, 0.25) is 0 Å². The lowest BCUT2D eigenvalue weighted by Crippen LogP contribution is -2.53. The molecule has 0 bridgehead atoms. The Balaban J connectivity index is 1.45. The van der Waals surface area contributed by atoms with E-state index in [-0.39, 0.29) is 44.7 Å². The second kappa shape index (κ2) is 14.1. The molecule has 12 heteroatoms. The zero-order chi connectivity index (χ0) is 27.9. The van der Waals surface area contributed by atoms with Crippen molar-refractivity contribution in [3.8, 4) is 0 Å². The van der Waals surface area contributed by atoms with Gasteiger partial charge in [0.25, 0.3) is 0 Å². The summed E-state index contributed by atoms with van der Waals surface area (Å²) in [4.78, 5) is 6.66. The van der Waals surface area contributed by atoms with Crippen LogP contribution >= 0.6 is 0 Å². The predicted octanol–water partition coefficient (Wildman–Crippen LogP) is -1.25. The van der Waals surface area contributed by atoms with Crippen molar-refractivity contribution in [3.63, 3.8) is 0 Å². The first-order chi connectivity index (χ1) is 18.5. The fraction of sp³-hybridized carbons (Fsp3) is 1.00. The van der Waals surface area contributed by atoms with Crippen LogP contribution in [0.4, 0.5) is 0 Å². The first-order valence-electron chi connectivity index (χ1n) is 14.5. The quantitative estimate of drug-likeness (QED) is 0.359. The Kier molecular flexibility index (Phi) is 11.4. The summed E-state index contributed by atoms with van der Waals surface area (Å²) in [6, 6.07) is 0. The Morgan fingerprint density at radius 3 is 1.51 bits per heavy atom. The van der Waals surface area contributed by atoms with E-state index in [4.69, 9.17) is 28.4 Å². The fourth-order valence-corrected chi connectivity index (χ4v) is 5.56. The van der Waals surface area contributed by atoms with Gasteiger partial charge in [0.1, 0.15) is 11.2 Å². The minimum Gasteiger partial charge on any atom is -0.384 e. The van der Waals surface area contributed by atoms with Crippen molar-refractivity contribution in [2.75, 3.05) is 112 Å². The molecule has 4 fully saturated rings. The lowest BCUT2D eigenvalue weighted by atomic mass is 10.1. The van der Waals surface area contributed by atoms with E-state index >= 15 is 0 Å². The summed E-state index contributed by atoms with van der Waals surface area (Å²) in [6.45, 7) is 13.8. The second-order valence-corrected chi connectivity index (χ2v) is 12.2. The molecule has 4 aliphatic rings. The lowest BCUT2D eigenvalue weighted by Gasteiger charge is -2.35. The first kappa shape index (κ1) is 31.5. The van der Waals surface area contributed by atoms with E-state index in [1.165, 1.54) is 0 Å². The van der Waals surface area contributed by atoms with E-state index < -0.39 is 17.0 Å². The molecule has 6 atom stereocenters. The molecule has 0 radical (unpaired) electrons. The van der Waals surface area contributed by atoms with Crippen LogP contribution in [0.5, 0.6) is 0 Å². The summed E-state index contributed by atoms with van der Waals surface area (Å²) in [7, 11) is 0. The van der Waals surface area contributed by atoms with Crippen molar-refractivity contribution in [2.24, 2.45) is 0 Å². The van der Waals surface area contributed by atoms with Gasteiger partial charge in [-0.2, -0.15) is 0 Å². The lowest BCUT2D eigenvalue weighted by molar-refractivity contribution is -0.212. The largest absolute Gasteiger partial charge is 0.384 e.